The van der Waals surface area contributed by atoms with Crippen LogP contribution >= 0.6 is 11.3 Å². The van der Waals surface area contributed by atoms with Crippen LogP contribution in [0.2, 0.25) is 0 Å². The van der Waals surface area contributed by atoms with E-state index < -0.39 is 5.92 Å². The fourth-order valence-corrected chi connectivity index (χ4v) is 4.48. The van der Waals surface area contributed by atoms with Crippen molar-refractivity contribution in [1.82, 2.24) is 15.2 Å². The van der Waals surface area contributed by atoms with Crippen LogP contribution in [0.4, 0.5) is 0 Å². The average molecular weight is 340 g/mol. The number of aromatic nitrogens is 1. The van der Waals surface area contributed by atoms with Crippen LogP contribution in [-0.4, -0.2) is 40.8 Å². The number of carbonyl (C=O) groups is 2. The van der Waals surface area contributed by atoms with E-state index in [-0.39, 0.29) is 23.8 Å². The van der Waals surface area contributed by atoms with E-state index in [0.717, 1.165) is 16.6 Å². The van der Waals surface area contributed by atoms with Crippen molar-refractivity contribution >= 4 is 33.4 Å². The number of likely N-dealkylation sites (tertiary alicyclic amines) is 1. The smallest absolute Gasteiger partial charge is 0.282 e. The molecule has 3 atom stereocenters. The number of para-hydroxylation sites is 1. The topological polar surface area (TPSA) is 86.1 Å². The molecular formula is C17H16N4O2S. The Morgan fingerprint density at radius 1 is 1.42 bits per heavy atom. The summed E-state index contributed by atoms with van der Waals surface area (Å²) in [5.74, 6) is -0.701. The maximum absolute atomic E-state index is 12.8. The van der Waals surface area contributed by atoms with E-state index in [1.165, 1.54) is 11.3 Å². The van der Waals surface area contributed by atoms with E-state index >= 15 is 0 Å². The molecule has 122 valence electrons. The summed E-state index contributed by atoms with van der Waals surface area (Å²) in [6.45, 7) is 1.17. The van der Waals surface area contributed by atoms with Gasteiger partial charge in [-0.3, -0.25) is 9.59 Å². The quantitative estimate of drug-likeness (QED) is 0.857. The highest BCUT2D eigenvalue weighted by atomic mass is 32.1. The maximum Gasteiger partial charge on any atom is 0.282 e. The number of piperidine rings is 2. The maximum atomic E-state index is 12.8. The minimum Gasteiger partial charge on any atom is -0.352 e. The highest BCUT2D eigenvalue weighted by Crippen LogP contribution is 2.30. The van der Waals surface area contributed by atoms with E-state index in [0.29, 0.717) is 24.5 Å². The van der Waals surface area contributed by atoms with Gasteiger partial charge in [0.2, 0.25) is 5.91 Å². The predicted octanol–water partition coefficient (Wildman–Crippen LogP) is 1.79. The molecule has 6 nitrogen and oxygen atoms in total. The number of nitrogens with one attached hydrogen (secondary N) is 1. The van der Waals surface area contributed by atoms with Crippen LogP contribution in [0.1, 0.15) is 22.6 Å². The van der Waals surface area contributed by atoms with Gasteiger partial charge in [-0.1, -0.05) is 12.1 Å². The van der Waals surface area contributed by atoms with Crippen molar-refractivity contribution in [2.45, 2.75) is 18.9 Å². The summed E-state index contributed by atoms with van der Waals surface area (Å²) < 4.78 is 1.00. The van der Waals surface area contributed by atoms with Crippen molar-refractivity contribution in [3.05, 3.63) is 29.3 Å². The standard InChI is InChI=1S/C17H16N4O2S/c18-8-10-7-11-9-21(6-5-12(11)19-15(10)22)17(23)16-20-13-3-1-2-4-14(13)24-16/h1-4,10-12H,5-7,9H2,(H,19,22). The molecule has 2 aliphatic heterocycles. The van der Waals surface area contributed by atoms with Crippen LogP contribution in [0.15, 0.2) is 24.3 Å². The normalized spacial score (nSPS) is 26.5. The highest BCUT2D eigenvalue weighted by Gasteiger charge is 2.40. The van der Waals surface area contributed by atoms with E-state index in [9.17, 15) is 9.59 Å². The second-order valence-corrected chi connectivity index (χ2v) is 7.35. The van der Waals surface area contributed by atoms with Crippen LogP contribution in [0.5, 0.6) is 0 Å². The van der Waals surface area contributed by atoms with Gasteiger partial charge in [-0.05, 0) is 30.9 Å². The van der Waals surface area contributed by atoms with Crippen LogP contribution in [0.25, 0.3) is 10.2 Å². The first-order valence-electron chi connectivity index (χ1n) is 8.00. The Kier molecular flexibility index (Phi) is 3.69. The number of fused-ring (bicyclic) bond motifs is 2. The van der Waals surface area contributed by atoms with Gasteiger partial charge < -0.3 is 10.2 Å². The van der Waals surface area contributed by atoms with Gasteiger partial charge in [-0.25, -0.2) is 4.98 Å². The molecule has 24 heavy (non-hydrogen) atoms. The van der Waals surface area contributed by atoms with Crippen molar-refractivity contribution in [2.24, 2.45) is 11.8 Å². The molecule has 1 aromatic heterocycles. The SMILES string of the molecule is N#CC1CC2CN(C(=O)c3nc4ccccc4s3)CCC2NC1=O. The van der Waals surface area contributed by atoms with E-state index in [4.69, 9.17) is 5.26 Å². The monoisotopic (exact) mass is 340 g/mol. The lowest BCUT2D eigenvalue weighted by Crippen LogP contribution is -2.57. The molecule has 4 rings (SSSR count). The van der Waals surface area contributed by atoms with Gasteiger partial charge in [0.1, 0.15) is 5.92 Å². The number of benzene rings is 1. The first-order valence-corrected chi connectivity index (χ1v) is 8.82. The molecule has 0 radical (unpaired) electrons. The molecule has 0 saturated carbocycles. The summed E-state index contributed by atoms with van der Waals surface area (Å²) in [6.07, 6.45) is 1.25. The molecule has 0 spiro atoms. The Morgan fingerprint density at radius 3 is 3.04 bits per heavy atom. The molecule has 0 aliphatic carbocycles. The summed E-state index contributed by atoms with van der Waals surface area (Å²) in [6, 6.07) is 9.84. The third kappa shape index (κ3) is 2.53. The van der Waals surface area contributed by atoms with Crippen molar-refractivity contribution in [3.8, 4) is 6.07 Å². The number of nitrogens with zero attached hydrogens (tertiary/aromatic N) is 3. The Labute approximate surface area is 143 Å². The number of rotatable bonds is 1. The summed E-state index contributed by atoms with van der Waals surface area (Å²) in [7, 11) is 0. The number of carbonyl (C=O) groups excluding carboxylic acids is 2. The van der Waals surface area contributed by atoms with E-state index in [1.54, 1.807) is 0 Å². The zero-order valence-electron chi connectivity index (χ0n) is 12.9. The molecule has 1 aromatic carbocycles. The van der Waals surface area contributed by atoms with Crippen LogP contribution in [-0.2, 0) is 4.79 Å². The van der Waals surface area contributed by atoms with E-state index in [2.05, 4.69) is 16.4 Å². The van der Waals surface area contributed by atoms with Crippen LogP contribution in [0, 0.1) is 23.2 Å². The minimum absolute atomic E-state index is 0.0555. The first-order chi connectivity index (χ1) is 11.7. The second-order valence-electron chi connectivity index (χ2n) is 6.32. The first kappa shape index (κ1) is 15.1. The average Bonchev–Trinajstić information content (AvgIpc) is 3.04. The Bertz CT molecular complexity index is 823. The summed E-state index contributed by atoms with van der Waals surface area (Å²) in [4.78, 5) is 30.8. The third-order valence-corrected chi connectivity index (χ3v) is 5.86. The van der Waals surface area contributed by atoms with Gasteiger partial charge >= 0.3 is 0 Å². The fraction of sp³-hybridized carbons (Fsp3) is 0.412. The van der Waals surface area contributed by atoms with Crippen molar-refractivity contribution in [1.29, 1.82) is 5.26 Å². The van der Waals surface area contributed by atoms with Crippen LogP contribution in [0.3, 0.4) is 0 Å². The number of thiazole rings is 1. The molecule has 2 aromatic rings. The molecule has 3 heterocycles. The minimum atomic E-state index is -0.608. The van der Waals surface area contributed by atoms with E-state index in [1.807, 2.05) is 29.2 Å². The van der Waals surface area contributed by atoms with Gasteiger partial charge in [0, 0.05) is 19.1 Å². The fourth-order valence-electron chi connectivity index (χ4n) is 3.55. The predicted molar refractivity (Wildman–Crippen MR) is 89.3 cm³/mol. The molecular weight excluding hydrogens is 324 g/mol. The number of amides is 2. The second kappa shape index (κ2) is 5.87. The Morgan fingerprint density at radius 2 is 2.25 bits per heavy atom. The van der Waals surface area contributed by atoms with Gasteiger partial charge in [0.25, 0.3) is 5.91 Å². The van der Waals surface area contributed by atoms with Crippen molar-refractivity contribution < 1.29 is 9.59 Å². The summed E-state index contributed by atoms with van der Waals surface area (Å²) in [5.41, 5.74) is 0.843. The molecule has 2 aliphatic rings. The molecule has 7 heteroatoms. The summed E-state index contributed by atoms with van der Waals surface area (Å²) in [5, 5.41) is 12.5. The Hall–Kier alpha value is -2.46. The zero-order valence-corrected chi connectivity index (χ0v) is 13.8. The Balaban J connectivity index is 1.52. The molecule has 0 bridgehead atoms. The molecule has 1 N–H and O–H groups in total. The van der Waals surface area contributed by atoms with Gasteiger partial charge in [0.05, 0.1) is 16.3 Å². The number of nitriles is 1. The van der Waals surface area contributed by atoms with Gasteiger partial charge in [-0.15, -0.1) is 11.3 Å². The third-order valence-electron chi connectivity index (χ3n) is 4.84. The lowest BCUT2D eigenvalue weighted by molar-refractivity contribution is -0.128. The zero-order chi connectivity index (χ0) is 16.7. The molecule has 2 fully saturated rings. The van der Waals surface area contributed by atoms with Crippen LogP contribution < -0.4 is 5.32 Å². The molecule has 3 unspecified atom stereocenters. The largest absolute Gasteiger partial charge is 0.352 e. The molecule has 2 saturated heterocycles. The number of hydrogen-bond donors (Lipinski definition) is 1. The lowest BCUT2D eigenvalue weighted by Gasteiger charge is -2.42. The lowest BCUT2D eigenvalue weighted by atomic mass is 9.80. The number of hydrogen-bond acceptors (Lipinski definition) is 5. The molecule has 2 amide bonds. The highest BCUT2D eigenvalue weighted by molar-refractivity contribution is 7.20. The van der Waals surface area contributed by atoms with Gasteiger partial charge in [-0.2, -0.15) is 5.26 Å². The van der Waals surface area contributed by atoms with Crippen molar-refractivity contribution in [2.75, 3.05) is 13.1 Å². The summed E-state index contributed by atoms with van der Waals surface area (Å²) >= 11 is 1.41. The van der Waals surface area contributed by atoms with Crippen molar-refractivity contribution in [3.63, 3.8) is 0 Å². The van der Waals surface area contributed by atoms with Gasteiger partial charge in [0.15, 0.2) is 5.01 Å².